The van der Waals surface area contributed by atoms with E-state index in [1.54, 1.807) is 6.92 Å². The van der Waals surface area contributed by atoms with E-state index in [0.29, 0.717) is 11.5 Å². The van der Waals surface area contributed by atoms with E-state index in [1.165, 1.54) is 7.05 Å². The summed E-state index contributed by atoms with van der Waals surface area (Å²) >= 11 is 0. The Balaban J connectivity index is 0.000000686. The summed E-state index contributed by atoms with van der Waals surface area (Å²) in [4.78, 5) is 11.9. The third-order valence-electron chi connectivity index (χ3n) is 1.97. The van der Waals surface area contributed by atoms with Crippen LogP contribution in [0.15, 0.2) is 34.6 Å². The normalized spacial score (nSPS) is 10.6. The second-order valence-electron chi connectivity index (χ2n) is 2.99. The number of para-hydroxylation sites is 2. The molecule has 0 bridgehead atoms. The molecule has 17 heavy (non-hydrogen) atoms. The van der Waals surface area contributed by atoms with E-state index in [-0.39, 0.29) is 0 Å². The van der Waals surface area contributed by atoms with Gasteiger partial charge in [0.25, 0.3) is 0 Å². The summed E-state index contributed by atoms with van der Waals surface area (Å²) in [7, 11) is 1.50. The quantitative estimate of drug-likeness (QED) is 0.621. The zero-order chi connectivity index (χ0) is 12.7. The van der Waals surface area contributed by atoms with Crippen LogP contribution in [-0.2, 0) is 4.94 Å². The van der Waals surface area contributed by atoms with Crippen molar-refractivity contribution in [3.63, 3.8) is 0 Å². The maximum Gasteiger partial charge on any atom is 0.156 e. The molecule has 0 atom stereocenters. The Bertz CT molecular complexity index is 484. The molecule has 0 unspecified atom stereocenters. The lowest BCUT2D eigenvalue weighted by Gasteiger charge is -1.91. The molecular weight excluding hydrogens is 218 g/mol. The number of H-pyrrole nitrogens is 1. The van der Waals surface area contributed by atoms with Crippen molar-refractivity contribution >= 4 is 23.5 Å². The average molecular weight is 233 g/mol. The number of rotatable bonds is 3. The minimum Gasteiger partial charge on any atom is -0.337 e. The third-order valence-corrected chi connectivity index (χ3v) is 1.97. The number of nitrogens with one attached hydrogen (secondary N) is 1. The minimum absolute atomic E-state index is 0.624. The van der Waals surface area contributed by atoms with E-state index in [4.69, 9.17) is 0 Å². The van der Waals surface area contributed by atoms with Crippen LogP contribution < -0.4 is 5.73 Å². The first-order valence-electron chi connectivity index (χ1n) is 5.01. The van der Waals surface area contributed by atoms with Crippen molar-refractivity contribution in [2.45, 2.75) is 6.92 Å². The van der Waals surface area contributed by atoms with Gasteiger partial charge in [0.05, 0.1) is 11.0 Å². The predicted molar refractivity (Wildman–Crippen MR) is 69.1 cm³/mol. The van der Waals surface area contributed by atoms with Gasteiger partial charge in [-0.15, -0.1) is 0 Å². The lowest BCUT2D eigenvalue weighted by atomic mass is 10.3. The topological polar surface area (TPSA) is 88.7 Å². The number of aromatic amines is 1. The van der Waals surface area contributed by atoms with Gasteiger partial charge in [0, 0.05) is 6.72 Å². The van der Waals surface area contributed by atoms with Gasteiger partial charge >= 0.3 is 0 Å². The minimum atomic E-state index is 0.624. The van der Waals surface area contributed by atoms with E-state index >= 15 is 0 Å². The molecule has 0 saturated heterocycles. The highest BCUT2D eigenvalue weighted by Crippen LogP contribution is 2.10. The molecule has 0 aliphatic carbocycles. The van der Waals surface area contributed by atoms with Gasteiger partial charge in [-0.05, 0) is 26.1 Å². The number of hydrogen-bond donors (Lipinski definition) is 2. The summed E-state index contributed by atoms with van der Waals surface area (Å²) < 4.78 is 0. The Labute approximate surface area is 99.2 Å². The first-order valence-corrected chi connectivity index (χ1v) is 5.01. The fraction of sp³-hybridized carbons (Fsp3) is 0.182. The van der Waals surface area contributed by atoms with Crippen LogP contribution in [0.25, 0.3) is 11.0 Å². The molecule has 0 aliphatic heterocycles. The number of nitrogens with two attached hydrogens (primary N) is 1. The van der Waals surface area contributed by atoms with Gasteiger partial charge in [0.2, 0.25) is 0 Å². The highest BCUT2D eigenvalue weighted by molar-refractivity contribution is 5.97. The van der Waals surface area contributed by atoms with Crippen LogP contribution in [0.4, 0.5) is 0 Å². The molecule has 0 fully saturated rings. The van der Waals surface area contributed by atoms with Crippen LogP contribution in [0.3, 0.4) is 0 Å². The molecule has 0 saturated carbocycles. The summed E-state index contributed by atoms with van der Waals surface area (Å²) in [6, 6.07) is 7.75. The van der Waals surface area contributed by atoms with Crippen molar-refractivity contribution in [3.05, 3.63) is 30.1 Å². The Morgan fingerprint density at radius 1 is 1.41 bits per heavy atom. The molecule has 2 rings (SSSR count). The molecule has 0 spiro atoms. The van der Waals surface area contributed by atoms with Crippen molar-refractivity contribution in [1.29, 1.82) is 0 Å². The standard InChI is InChI=1S/C10H10N4O.CH5N/c1-7(14-15-11-2)10-12-8-5-3-4-6-9(8)13-10;1-2/h3-6H,2H2,1H3,(H,12,13);2H2,1H3/b14-7+;. The van der Waals surface area contributed by atoms with Gasteiger partial charge < -0.3 is 10.7 Å². The van der Waals surface area contributed by atoms with E-state index in [2.05, 4.69) is 37.7 Å². The maximum absolute atomic E-state index is 4.50. The highest BCUT2D eigenvalue weighted by atomic mass is 16.8. The van der Waals surface area contributed by atoms with Crippen LogP contribution in [-0.4, -0.2) is 29.4 Å². The lowest BCUT2D eigenvalue weighted by Crippen LogP contribution is -1.97. The predicted octanol–water partition coefficient (Wildman–Crippen LogP) is 1.49. The second-order valence-corrected chi connectivity index (χ2v) is 2.99. The van der Waals surface area contributed by atoms with Crippen molar-refractivity contribution in [3.8, 4) is 0 Å². The average Bonchev–Trinajstić information content (AvgIpc) is 2.82. The molecule has 2 aromatic rings. The van der Waals surface area contributed by atoms with Crippen LogP contribution >= 0.6 is 0 Å². The number of aromatic nitrogens is 2. The number of hydrogen-bond acceptors (Lipinski definition) is 5. The summed E-state index contributed by atoms with van der Waals surface area (Å²) in [5.41, 5.74) is 6.99. The summed E-state index contributed by atoms with van der Waals surface area (Å²) in [5, 5.41) is 6.88. The van der Waals surface area contributed by atoms with Crippen molar-refractivity contribution < 1.29 is 4.94 Å². The molecule has 1 aromatic heterocycles. The van der Waals surface area contributed by atoms with Gasteiger partial charge in [-0.3, -0.25) is 0 Å². The van der Waals surface area contributed by atoms with Gasteiger partial charge in [0.1, 0.15) is 5.71 Å². The molecule has 3 N–H and O–H groups in total. The zero-order valence-electron chi connectivity index (χ0n) is 9.84. The van der Waals surface area contributed by atoms with Gasteiger partial charge in [-0.25, -0.2) is 9.92 Å². The van der Waals surface area contributed by atoms with Crippen molar-refractivity contribution in [2.75, 3.05) is 7.05 Å². The van der Waals surface area contributed by atoms with Crippen LogP contribution in [0.5, 0.6) is 0 Å². The fourth-order valence-corrected chi connectivity index (χ4v) is 1.26. The molecule has 1 aromatic carbocycles. The molecule has 1 heterocycles. The molecule has 0 aliphatic rings. The number of fused-ring (bicyclic) bond motifs is 1. The Morgan fingerprint density at radius 3 is 2.76 bits per heavy atom. The smallest absolute Gasteiger partial charge is 0.156 e. The van der Waals surface area contributed by atoms with E-state index in [9.17, 15) is 0 Å². The molecular formula is C11H15N5O. The second kappa shape index (κ2) is 6.39. The Hall–Kier alpha value is -2.21. The summed E-state index contributed by atoms with van der Waals surface area (Å²) in [5.74, 6) is 0.667. The molecule has 0 amide bonds. The van der Waals surface area contributed by atoms with Crippen LogP contribution in [0.2, 0.25) is 0 Å². The number of benzene rings is 1. The highest BCUT2D eigenvalue weighted by Gasteiger charge is 2.04. The van der Waals surface area contributed by atoms with Crippen LogP contribution in [0, 0.1) is 0 Å². The zero-order valence-corrected chi connectivity index (χ0v) is 9.84. The molecule has 90 valence electrons. The molecule has 6 heteroatoms. The first-order chi connectivity index (χ1) is 8.31. The molecule has 6 nitrogen and oxygen atoms in total. The van der Waals surface area contributed by atoms with E-state index in [1.807, 2.05) is 24.3 Å². The maximum atomic E-state index is 4.50. The summed E-state index contributed by atoms with van der Waals surface area (Å²) in [6.07, 6.45) is 0. The Kier molecular flexibility index (Phi) is 4.83. The first kappa shape index (κ1) is 12.9. The van der Waals surface area contributed by atoms with Crippen molar-refractivity contribution in [1.82, 2.24) is 9.97 Å². The Morgan fingerprint density at radius 2 is 2.12 bits per heavy atom. The van der Waals surface area contributed by atoms with Crippen LogP contribution in [0.1, 0.15) is 12.7 Å². The van der Waals surface area contributed by atoms with Crippen molar-refractivity contribution in [2.24, 2.45) is 16.0 Å². The van der Waals surface area contributed by atoms with E-state index in [0.717, 1.165) is 11.0 Å². The monoisotopic (exact) mass is 233 g/mol. The lowest BCUT2D eigenvalue weighted by molar-refractivity contribution is 0.158. The number of oxime groups is 2. The largest absolute Gasteiger partial charge is 0.337 e. The third kappa shape index (κ3) is 3.12. The molecule has 0 radical (unpaired) electrons. The van der Waals surface area contributed by atoms with Gasteiger partial charge in [-0.1, -0.05) is 22.4 Å². The number of imidazole rings is 1. The SMILES string of the molecule is C=NO/N=C(\C)c1nc2ccccc2[nH]1.CN. The van der Waals surface area contributed by atoms with E-state index < -0.39 is 0 Å². The van der Waals surface area contributed by atoms with Gasteiger partial charge in [-0.2, -0.15) is 0 Å². The fourth-order valence-electron chi connectivity index (χ4n) is 1.26. The number of nitrogens with zero attached hydrogens (tertiary/aromatic N) is 3. The summed E-state index contributed by atoms with van der Waals surface area (Å²) in [6.45, 7) is 4.94. The van der Waals surface area contributed by atoms with Gasteiger partial charge in [0.15, 0.2) is 5.82 Å².